The Morgan fingerprint density at radius 2 is 1.55 bits per heavy atom. The van der Waals surface area contributed by atoms with Crippen molar-refractivity contribution in [2.75, 3.05) is 10.2 Å². The SMILES string of the molecule is CC(C)(C)c1ccccc1OC(=O)c1ccc(NC2=C(Cl)C(=O)N(c3cccc(C(F)(F)F)c3)C2=O)cc1. The summed E-state index contributed by atoms with van der Waals surface area (Å²) < 4.78 is 44.9. The lowest BCUT2D eigenvalue weighted by molar-refractivity contribution is -0.137. The van der Waals surface area contributed by atoms with Crippen molar-refractivity contribution in [1.82, 2.24) is 0 Å². The van der Waals surface area contributed by atoms with Crippen LogP contribution < -0.4 is 15.0 Å². The molecule has 3 aromatic carbocycles. The van der Waals surface area contributed by atoms with Crippen molar-refractivity contribution in [2.24, 2.45) is 0 Å². The molecule has 0 saturated carbocycles. The summed E-state index contributed by atoms with van der Waals surface area (Å²) in [6.45, 7) is 6.01. The van der Waals surface area contributed by atoms with Gasteiger partial charge in [-0.15, -0.1) is 0 Å². The van der Waals surface area contributed by atoms with Gasteiger partial charge in [-0.05, 0) is 53.9 Å². The average molecular weight is 543 g/mol. The lowest BCUT2D eigenvalue weighted by Gasteiger charge is -2.22. The Hall–Kier alpha value is -4.11. The number of anilines is 2. The van der Waals surface area contributed by atoms with Gasteiger partial charge in [-0.1, -0.05) is 56.6 Å². The van der Waals surface area contributed by atoms with Crippen molar-refractivity contribution in [1.29, 1.82) is 0 Å². The normalized spacial score (nSPS) is 14.2. The van der Waals surface area contributed by atoms with Gasteiger partial charge in [-0.3, -0.25) is 9.59 Å². The Bertz CT molecular complexity index is 1460. The van der Waals surface area contributed by atoms with Crippen molar-refractivity contribution in [3.63, 3.8) is 0 Å². The molecule has 0 unspecified atom stereocenters. The Morgan fingerprint density at radius 3 is 2.18 bits per heavy atom. The first kappa shape index (κ1) is 26.9. The van der Waals surface area contributed by atoms with Crippen molar-refractivity contribution in [3.05, 3.63) is 100 Å². The molecule has 4 rings (SSSR count). The van der Waals surface area contributed by atoms with Gasteiger partial charge in [0.15, 0.2) is 0 Å². The molecule has 1 aliphatic rings. The molecule has 0 aromatic heterocycles. The number of carbonyl (C=O) groups excluding carboxylic acids is 3. The van der Waals surface area contributed by atoms with Crippen molar-refractivity contribution in [2.45, 2.75) is 32.4 Å². The number of alkyl halides is 3. The summed E-state index contributed by atoms with van der Waals surface area (Å²) in [4.78, 5) is 38.9. The number of esters is 1. The van der Waals surface area contributed by atoms with Crippen LogP contribution in [0.3, 0.4) is 0 Å². The summed E-state index contributed by atoms with van der Waals surface area (Å²) in [6, 6.07) is 16.9. The van der Waals surface area contributed by atoms with Crippen molar-refractivity contribution >= 4 is 40.8 Å². The van der Waals surface area contributed by atoms with E-state index in [0.29, 0.717) is 22.4 Å². The number of hydrogen-bond donors (Lipinski definition) is 1. The van der Waals surface area contributed by atoms with Gasteiger partial charge >= 0.3 is 12.1 Å². The van der Waals surface area contributed by atoms with Gasteiger partial charge in [0.05, 0.1) is 16.8 Å². The van der Waals surface area contributed by atoms with Crippen LogP contribution in [0.15, 0.2) is 83.5 Å². The molecular weight excluding hydrogens is 521 g/mol. The number of ether oxygens (including phenoxy) is 1. The van der Waals surface area contributed by atoms with Crippen LogP contribution in [0.25, 0.3) is 0 Å². The Balaban J connectivity index is 1.50. The number of halogens is 4. The molecule has 196 valence electrons. The summed E-state index contributed by atoms with van der Waals surface area (Å²) in [5, 5.41) is 2.24. The maximum Gasteiger partial charge on any atom is 0.416 e. The highest BCUT2D eigenvalue weighted by atomic mass is 35.5. The predicted molar refractivity (Wildman–Crippen MR) is 137 cm³/mol. The number of para-hydroxylation sites is 1. The molecule has 0 saturated heterocycles. The van der Waals surface area contributed by atoms with E-state index in [1.54, 1.807) is 12.1 Å². The molecule has 0 bridgehead atoms. The number of nitrogens with one attached hydrogen (secondary N) is 1. The van der Waals surface area contributed by atoms with Gasteiger partial charge in [-0.25, -0.2) is 9.69 Å². The first-order valence-corrected chi connectivity index (χ1v) is 11.8. The fourth-order valence-corrected chi connectivity index (χ4v) is 4.05. The zero-order valence-electron chi connectivity index (χ0n) is 20.5. The third kappa shape index (κ3) is 5.43. The second-order valence-electron chi connectivity index (χ2n) is 9.52. The van der Waals surface area contributed by atoms with Crippen molar-refractivity contribution in [3.8, 4) is 5.75 Å². The Labute approximate surface area is 221 Å². The largest absolute Gasteiger partial charge is 0.423 e. The van der Waals surface area contributed by atoms with E-state index in [0.717, 1.165) is 17.7 Å². The molecular formula is C28H22ClF3N2O4. The molecule has 0 atom stereocenters. The zero-order valence-corrected chi connectivity index (χ0v) is 21.3. The molecule has 6 nitrogen and oxygen atoms in total. The van der Waals surface area contributed by atoms with Crippen LogP contribution >= 0.6 is 11.6 Å². The number of nitrogens with zero attached hydrogens (tertiary/aromatic N) is 1. The van der Waals surface area contributed by atoms with E-state index in [-0.39, 0.29) is 22.4 Å². The zero-order chi connectivity index (χ0) is 27.8. The van der Waals surface area contributed by atoms with E-state index in [9.17, 15) is 27.6 Å². The number of imide groups is 1. The quantitative estimate of drug-likeness (QED) is 0.222. The summed E-state index contributed by atoms with van der Waals surface area (Å²) in [5.41, 5.74) is -0.411. The maximum absolute atomic E-state index is 13.1. The molecule has 2 amide bonds. The van der Waals surface area contributed by atoms with Crippen LogP contribution in [0.4, 0.5) is 24.5 Å². The van der Waals surface area contributed by atoms with Crippen LogP contribution in [-0.2, 0) is 21.2 Å². The maximum atomic E-state index is 13.1. The van der Waals surface area contributed by atoms with Crippen LogP contribution in [0, 0.1) is 0 Å². The monoisotopic (exact) mass is 542 g/mol. The molecule has 38 heavy (non-hydrogen) atoms. The van der Waals surface area contributed by atoms with Crippen molar-refractivity contribution < 1.29 is 32.3 Å². The predicted octanol–water partition coefficient (Wildman–Crippen LogP) is 6.66. The number of benzene rings is 3. The summed E-state index contributed by atoms with van der Waals surface area (Å²) in [7, 11) is 0. The van der Waals surface area contributed by atoms with E-state index in [1.165, 1.54) is 30.3 Å². The third-order valence-corrected chi connectivity index (χ3v) is 6.10. The summed E-state index contributed by atoms with van der Waals surface area (Å²) >= 11 is 6.08. The molecule has 0 radical (unpaired) electrons. The standard InChI is InChI=1S/C28H22ClF3N2O4/c1-27(2,3)20-9-4-5-10-21(20)38-26(37)16-11-13-18(14-12-16)33-23-22(29)24(35)34(25(23)36)19-8-6-7-17(15-19)28(30,31)32/h4-15,33H,1-3H3. The van der Waals surface area contributed by atoms with E-state index < -0.39 is 34.6 Å². The van der Waals surface area contributed by atoms with Crippen LogP contribution in [0.5, 0.6) is 5.75 Å². The smallest absolute Gasteiger partial charge is 0.416 e. The molecule has 0 fully saturated rings. The second-order valence-corrected chi connectivity index (χ2v) is 9.90. The fourth-order valence-electron chi connectivity index (χ4n) is 3.84. The average Bonchev–Trinajstić information content (AvgIpc) is 3.06. The molecule has 1 aliphatic heterocycles. The highest BCUT2D eigenvalue weighted by molar-refractivity contribution is 6.53. The molecule has 0 aliphatic carbocycles. The first-order chi connectivity index (χ1) is 17.8. The number of carbonyl (C=O) groups is 3. The summed E-state index contributed by atoms with van der Waals surface area (Å²) in [5.74, 6) is -2.03. The number of amides is 2. The van der Waals surface area contributed by atoms with E-state index >= 15 is 0 Å². The molecule has 3 aromatic rings. The van der Waals surface area contributed by atoms with E-state index in [1.807, 2.05) is 32.9 Å². The molecule has 10 heteroatoms. The lowest BCUT2D eigenvalue weighted by atomic mass is 9.86. The van der Waals surface area contributed by atoms with E-state index in [2.05, 4.69) is 5.32 Å². The van der Waals surface area contributed by atoms with Gasteiger partial charge in [0.2, 0.25) is 0 Å². The van der Waals surface area contributed by atoms with Gasteiger partial charge in [0.25, 0.3) is 11.8 Å². The lowest BCUT2D eigenvalue weighted by Crippen LogP contribution is -2.32. The van der Waals surface area contributed by atoms with Crippen LogP contribution in [-0.4, -0.2) is 17.8 Å². The highest BCUT2D eigenvalue weighted by Gasteiger charge is 2.40. The third-order valence-electron chi connectivity index (χ3n) is 5.75. The van der Waals surface area contributed by atoms with Crippen LogP contribution in [0.2, 0.25) is 0 Å². The Morgan fingerprint density at radius 1 is 0.895 bits per heavy atom. The highest BCUT2D eigenvalue weighted by Crippen LogP contribution is 2.35. The van der Waals surface area contributed by atoms with E-state index in [4.69, 9.17) is 16.3 Å². The molecule has 1 N–H and O–H groups in total. The second kappa shape index (κ2) is 9.98. The minimum atomic E-state index is -4.65. The Kier molecular flexibility index (Phi) is 7.08. The molecule has 1 heterocycles. The minimum Gasteiger partial charge on any atom is -0.423 e. The first-order valence-electron chi connectivity index (χ1n) is 11.4. The van der Waals surface area contributed by atoms with Gasteiger partial charge in [0.1, 0.15) is 16.5 Å². The number of rotatable bonds is 5. The van der Waals surface area contributed by atoms with Gasteiger partial charge < -0.3 is 10.1 Å². The number of hydrogen-bond acceptors (Lipinski definition) is 5. The van der Waals surface area contributed by atoms with Gasteiger partial charge in [-0.2, -0.15) is 13.2 Å². The summed E-state index contributed by atoms with van der Waals surface area (Å²) in [6.07, 6.45) is -4.65. The fraction of sp³-hybridized carbons (Fsp3) is 0.179. The van der Waals surface area contributed by atoms with Gasteiger partial charge in [0, 0.05) is 11.3 Å². The minimum absolute atomic E-state index is 0.235. The topological polar surface area (TPSA) is 75.7 Å². The molecule has 0 spiro atoms. The van der Waals surface area contributed by atoms with Crippen LogP contribution in [0.1, 0.15) is 42.3 Å².